The molecule has 0 saturated heterocycles. The number of aromatic amines is 6. The van der Waals surface area contributed by atoms with E-state index >= 15 is 0 Å². The number of oxazole rings is 1. The Labute approximate surface area is 896 Å². The van der Waals surface area contributed by atoms with E-state index in [9.17, 15) is 13.2 Å². The molecule has 19 nitrogen and oxygen atoms in total. The summed E-state index contributed by atoms with van der Waals surface area (Å²) < 4.78 is 33.3. The summed E-state index contributed by atoms with van der Waals surface area (Å²) in [5.41, 5.74) is 27.3. The predicted molar refractivity (Wildman–Crippen MR) is 632 cm³/mol. The van der Waals surface area contributed by atoms with Crippen LogP contribution in [0.25, 0.3) is 77.8 Å². The first-order valence-electron chi connectivity index (χ1n) is 54.6. The van der Waals surface area contributed by atoms with Gasteiger partial charge in [0.1, 0.15) is 51.2 Å². The number of rotatable bonds is 6. The zero-order valence-corrected chi connectivity index (χ0v) is 100. The number of H-pyrrole nitrogens is 6. The number of nitrogens with one attached hydrogen (secondary N) is 7. The predicted octanol–water partition coefficient (Wildman–Crippen LogP) is 34.8. The Balaban J connectivity index is 0.000000176. The molecule has 1 saturated carbocycles. The summed E-state index contributed by atoms with van der Waals surface area (Å²) in [4.78, 5) is 64.1. The first-order valence-corrected chi connectivity index (χ1v) is 56.0. The minimum atomic E-state index is -3.55. The van der Waals surface area contributed by atoms with E-state index in [0.717, 1.165) is 74.4 Å². The summed E-state index contributed by atoms with van der Waals surface area (Å²) in [6, 6.07) is 40.8. The molecule has 0 spiro atoms. The van der Waals surface area contributed by atoms with Crippen LogP contribution in [0.5, 0.6) is 0 Å². The van der Waals surface area contributed by atoms with E-state index in [0.29, 0.717) is 45.0 Å². The van der Waals surface area contributed by atoms with Gasteiger partial charge >= 0.3 is 0 Å². The summed E-state index contributed by atoms with van der Waals surface area (Å²) in [5, 5.41) is 6.31. The van der Waals surface area contributed by atoms with Crippen molar-refractivity contribution >= 4 is 54.3 Å². The van der Waals surface area contributed by atoms with Crippen LogP contribution in [0, 0.1) is 27.6 Å². The molecule has 3 aliphatic carbocycles. The minimum Gasteiger partial charge on any atom is -0.443 e. The van der Waals surface area contributed by atoms with Gasteiger partial charge in [-0.05, 0) is 188 Å². The van der Waals surface area contributed by atoms with Crippen molar-refractivity contribution in [2.45, 2.75) is 434 Å². The average Bonchev–Trinajstić information content (AvgIpc) is 0.964. The van der Waals surface area contributed by atoms with Crippen molar-refractivity contribution in [3.05, 3.63) is 254 Å². The van der Waals surface area contributed by atoms with Gasteiger partial charge in [-0.2, -0.15) is 8.42 Å². The van der Waals surface area contributed by atoms with E-state index in [1.807, 2.05) is 84.5 Å². The summed E-state index contributed by atoms with van der Waals surface area (Å²) in [6.07, 6.45) is 25.5. The van der Waals surface area contributed by atoms with Crippen LogP contribution in [-0.4, -0.2) is 79.0 Å². The van der Waals surface area contributed by atoms with Gasteiger partial charge in [0.05, 0.1) is 64.2 Å². The smallest absolute Gasteiger partial charge is 0.286 e. The van der Waals surface area contributed by atoms with Gasteiger partial charge in [0, 0.05) is 84.0 Å². The van der Waals surface area contributed by atoms with Crippen LogP contribution >= 0.6 is 0 Å². The van der Waals surface area contributed by atoms with Crippen LogP contribution in [-0.2, 0) is 84.4 Å². The van der Waals surface area contributed by atoms with Gasteiger partial charge < -0.3 is 39.6 Å². The number of hydrogen-bond donors (Lipinski definition) is 7. The Morgan fingerprint density at radius 2 is 0.718 bits per heavy atom. The van der Waals surface area contributed by atoms with E-state index < -0.39 is 10.0 Å². The zero-order chi connectivity index (χ0) is 111. The highest BCUT2D eigenvalue weighted by Gasteiger charge is 2.36. The lowest BCUT2D eigenvalue weighted by Crippen LogP contribution is -2.32. The topological polar surface area (TPSA) is 274 Å². The molecule has 7 aromatic heterocycles. The molecule has 18 rings (SSSR count). The van der Waals surface area contributed by atoms with E-state index in [1.54, 1.807) is 47.0 Å². The van der Waals surface area contributed by atoms with Gasteiger partial charge in [0.2, 0.25) is 0 Å². The molecule has 8 heterocycles. The van der Waals surface area contributed by atoms with Crippen LogP contribution in [0.4, 0.5) is 5.69 Å². The standard InChI is InChI=1S/C21H30N2.C21H26N2.C20H28N2.C18H23N3O.C16H28N2.C12H14N2O.C11H14N2O2S.2C5H12/c2*1-20(2,3)17-12-11-16(14-9-7-8-10-15(14)17)18-13-22-19(23-18)21(4,5)6;1-19(2,3)16-11-10-15(13-8-7-9-14(13)16)17-12-21-18(22-17)20(4,5)6;1-17(2,3)12-8-7-11(14-15(12)22-10-20-14)13-9-19-16(21-13)18(4,5)6;1-11(2)15-17-10-14(18-15)12-6-8-13(9-7-12)16(3,4)5;1-12(2,3)11-13-9-7-5-4-6-8(9)10(15)14-11;1-11(2,3)10-12-8-6-4-5-7-9(8)16(14,15)13-10;2*1-5(2,3)4/h11-13H,7-10H2,1-6H3,(H,22,23);7-13H,1-6H3,(H,22,23);10-12H,7-9H2,1-6H3,(H,21,22);7-10H,1-6H3,(H,19,21);10-13H,6-9H2,1-5H3,(H,17,18);4-7H,1-3H3,(H,13,14,15);4-7H,1-3H3,(H,12,13);2*1-4H3. The number of benzene rings is 7. The summed E-state index contributed by atoms with van der Waals surface area (Å²) in [7, 11) is -3.55. The highest BCUT2D eigenvalue weighted by molar-refractivity contribution is 7.90. The fourth-order valence-corrected chi connectivity index (χ4v) is 20.1. The Bertz CT molecular complexity index is 7020. The van der Waals surface area contributed by atoms with Crippen LogP contribution < -0.4 is 10.9 Å². The maximum Gasteiger partial charge on any atom is 0.286 e. The number of para-hydroxylation sites is 2. The quantitative estimate of drug-likeness (QED) is 0.0819. The zero-order valence-electron chi connectivity index (χ0n) is 99.6. The van der Waals surface area contributed by atoms with Crippen molar-refractivity contribution < 1.29 is 12.8 Å². The molecular weight excluding hydrogens is 1860 g/mol. The number of aromatic nitrogens is 13. The van der Waals surface area contributed by atoms with Crippen molar-refractivity contribution in [2.24, 2.45) is 32.0 Å². The second-order valence-corrected chi connectivity index (χ2v) is 58.1. The van der Waals surface area contributed by atoms with Gasteiger partial charge in [-0.3, -0.25) is 4.79 Å². The molecule has 20 heteroatoms. The van der Waals surface area contributed by atoms with Gasteiger partial charge in [-0.25, -0.2) is 34.9 Å². The molecule has 4 aliphatic rings. The Morgan fingerprint density at radius 3 is 1.14 bits per heavy atom. The number of sulfonamides is 1. The first-order chi connectivity index (χ1) is 68.4. The molecule has 14 aromatic rings. The number of anilines is 1. The van der Waals surface area contributed by atoms with Crippen LogP contribution in [0.1, 0.15) is 440 Å². The van der Waals surface area contributed by atoms with E-state index in [4.69, 9.17) is 4.42 Å². The Hall–Kier alpha value is -11.1. The number of hydrogen-bond acceptors (Lipinski definition) is 12. The summed E-state index contributed by atoms with van der Waals surface area (Å²) in [5.74, 6) is 8.58. The minimum absolute atomic E-state index is 0.00740. The molecule has 0 bridgehead atoms. The molecule has 1 fully saturated rings. The Morgan fingerprint density at radius 1 is 0.342 bits per heavy atom. The van der Waals surface area contributed by atoms with E-state index in [1.165, 1.54) is 149 Å². The van der Waals surface area contributed by atoms with Crippen molar-refractivity contribution in [1.82, 2.24) is 64.8 Å². The van der Waals surface area contributed by atoms with Gasteiger partial charge in [0.15, 0.2) is 12.0 Å². The van der Waals surface area contributed by atoms with Crippen molar-refractivity contribution in [3.8, 4) is 45.0 Å². The molecule has 149 heavy (non-hydrogen) atoms. The fraction of sp³-hybridized carbons (Fsp3) is 0.543. The third-order valence-corrected chi connectivity index (χ3v) is 28.3. The monoisotopic (exact) mass is 2040 g/mol. The normalized spacial score (nSPS) is 15.6. The molecule has 0 atom stereocenters. The molecule has 7 N–H and O–H groups in total. The molecule has 1 aliphatic heterocycles. The highest BCUT2D eigenvalue weighted by Crippen LogP contribution is 2.47. The third-order valence-electron chi connectivity index (χ3n) is 27.0. The summed E-state index contributed by atoms with van der Waals surface area (Å²) >= 11 is 0. The number of amidine groups is 1. The second kappa shape index (κ2) is 46.2. The van der Waals surface area contributed by atoms with Crippen LogP contribution in [0.15, 0.2) is 177 Å². The summed E-state index contributed by atoms with van der Waals surface area (Å²) in [6.45, 7) is 94.3. The van der Waals surface area contributed by atoms with Gasteiger partial charge in [-0.15, -0.1) is 4.40 Å². The number of nitrogens with zero attached hydrogens (tertiary/aromatic N) is 8. The van der Waals surface area contributed by atoms with E-state index in [-0.39, 0.29) is 64.6 Å². The number of imidazole rings is 5. The highest BCUT2D eigenvalue weighted by atomic mass is 32.2. The van der Waals surface area contributed by atoms with Crippen LogP contribution in [0.3, 0.4) is 0 Å². The molecule has 0 unspecified atom stereocenters. The van der Waals surface area contributed by atoms with Crippen molar-refractivity contribution in [3.63, 3.8) is 0 Å². The van der Waals surface area contributed by atoms with Gasteiger partial charge in [-0.1, -0.05) is 395 Å². The molecule has 808 valence electrons. The lowest BCUT2D eigenvalue weighted by molar-refractivity contribution is 0.168. The third kappa shape index (κ3) is 32.5. The first kappa shape index (κ1) is 120. The van der Waals surface area contributed by atoms with Crippen LogP contribution in [0.2, 0.25) is 0 Å². The maximum atomic E-state index is 11.9. The lowest BCUT2D eigenvalue weighted by atomic mass is 9.69. The second-order valence-electron chi connectivity index (χ2n) is 56.5. The maximum absolute atomic E-state index is 11.9. The van der Waals surface area contributed by atoms with Gasteiger partial charge in [0.25, 0.3) is 15.6 Å². The van der Waals surface area contributed by atoms with Crippen molar-refractivity contribution in [2.75, 3.05) is 5.32 Å². The fourth-order valence-electron chi connectivity index (χ4n) is 18.8. The average molecular weight is 2040 g/mol. The molecular formula is C129H187N15O4S. The van der Waals surface area contributed by atoms with E-state index in [2.05, 4.69) is 410 Å². The molecule has 7 aromatic carbocycles. The number of fused-ring (bicyclic) bond motifs is 6. The SMILES string of the molecule is CC(C)(C)C.CC(C)(C)C.CC(C)(C)C1=NS(=O)(=O)c2ccccc2N1.CC(C)(C)c1nc2ccccc2c(=O)[nH]1.CC(C)(C)c1ncc(-c2ccc(C(C)(C)C)c3c2CCC3)[nH]1.CC(C)(C)c1ncc(-c2ccc(C(C)(C)C)c3c2CCCC3)[nH]1.CC(C)(C)c1ncc(-c2ccc(C(C)(C)C)c3ccccc23)[nH]1.CC(C)(C)c1ncc(-c2ccc(C(C)(C)C)c3ocnc23)[nH]1.CC(C)c1ncc(C2CCC(C(C)(C)C)CC2)[nH]1. The van der Waals surface area contributed by atoms with Crippen molar-refractivity contribution in [1.29, 1.82) is 0 Å². The molecule has 0 amide bonds. The largest absolute Gasteiger partial charge is 0.443 e. The lowest BCUT2D eigenvalue weighted by Gasteiger charge is -2.36. The Kier molecular flexibility index (Phi) is 37.1. The molecule has 0 radical (unpaired) electrons.